The van der Waals surface area contributed by atoms with Crippen molar-refractivity contribution in [2.75, 3.05) is 5.75 Å². The summed E-state index contributed by atoms with van der Waals surface area (Å²) in [5.41, 5.74) is 5.43. The Morgan fingerprint density at radius 1 is 0.923 bits per heavy atom. The van der Waals surface area contributed by atoms with Crippen LogP contribution in [-0.4, -0.2) is 69.9 Å². The summed E-state index contributed by atoms with van der Waals surface area (Å²) in [6, 6.07) is -4.49. The van der Waals surface area contributed by atoms with Gasteiger partial charge in [0.15, 0.2) is 0 Å². The Balaban J connectivity index is 5.21. The third-order valence-electron chi connectivity index (χ3n) is 3.52. The van der Waals surface area contributed by atoms with Crippen molar-refractivity contribution in [2.24, 2.45) is 11.7 Å². The Morgan fingerprint density at radius 2 is 1.38 bits per heavy atom. The predicted molar refractivity (Wildman–Crippen MR) is 97.4 cm³/mol. The molecule has 0 aromatic heterocycles. The Kier molecular flexibility index (Phi) is 10.2. The average Bonchev–Trinajstić information content (AvgIpc) is 2.53. The molecule has 11 heteroatoms. The highest BCUT2D eigenvalue weighted by Crippen LogP contribution is 2.05. The third kappa shape index (κ3) is 7.58. The summed E-state index contributed by atoms with van der Waals surface area (Å²) in [5.74, 6) is -3.91. The van der Waals surface area contributed by atoms with Gasteiger partial charge in [0.1, 0.15) is 18.1 Å². The molecule has 0 aliphatic rings. The van der Waals surface area contributed by atoms with E-state index in [1.54, 1.807) is 13.8 Å². The molecule has 10 nitrogen and oxygen atoms in total. The minimum absolute atomic E-state index is 0.124. The van der Waals surface area contributed by atoms with Crippen LogP contribution in [0.4, 0.5) is 0 Å². The van der Waals surface area contributed by atoms with Gasteiger partial charge < -0.3 is 31.9 Å². The second-order valence-corrected chi connectivity index (χ2v) is 6.69. The molecule has 0 heterocycles. The molecule has 0 fully saturated rings. The first kappa shape index (κ1) is 24.1. The summed E-state index contributed by atoms with van der Waals surface area (Å²) in [6.07, 6.45) is -1.24. The molecule has 0 rings (SSSR count). The standard InChI is InChI=1S/C15H28N4O6S/c1-6(2)10(13(22)17-9(5-26)15(24)25)18-14(23)11(8(4)20)19-12(21)7(3)16/h6-11,20,26H,5,16H2,1-4H3,(H,17,22)(H,18,23)(H,19,21)(H,24,25). The van der Waals surface area contributed by atoms with Crippen molar-refractivity contribution in [3.63, 3.8) is 0 Å². The maximum absolute atomic E-state index is 12.4. The average molecular weight is 392 g/mol. The number of amides is 3. The quantitative estimate of drug-likeness (QED) is 0.207. The van der Waals surface area contributed by atoms with E-state index in [-0.39, 0.29) is 11.7 Å². The van der Waals surface area contributed by atoms with Gasteiger partial charge in [-0.05, 0) is 19.8 Å². The number of aliphatic carboxylic acids is 1. The normalized spacial score (nSPS) is 16.8. The van der Waals surface area contributed by atoms with Gasteiger partial charge in [-0.25, -0.2) is 4.79 Å². The van der Waals surface area contributed by atoms with Gasteiger partial charge in [0, 0.05) is 5.75 Å². The van der Waals surface area contributed by atoms with Gasteiger partial charge in [0.05, 0.1) is 12.1 Å². The number of carbonyl (C=O) groups is 4. The summed E-state index contributed by atoms with van der Waals surface area (Å²) in [5, 5.41) is 25.8. The van der Waals surface area contributed by atoms with E-state index in [1.807, 2.05) is 0 Å². The number of thiol groups is 1. The van der Waals surface area contributed by atoms with Gasteiger partial charge in [-0.1, -0.05) is 13.8 Å². The van der Waals surface area contributed by atoms with Gasteiger partial charge >= 0.3 is 5.97 Å². The Labute approximate surface area is 157 Å². The zero-order valence-corrected chi connectivity index (χ0v) is 16.1. The maximum atomic E-state index is 12.4. The number of nitrogens with two attached hydrogens (primary N) is 1. The number of hydrogen-bond donors (Lipinski definition) is 7. The molecular formula is C15H28N4O6S. The summed E-state index contributed by atoms with van der Waals surface area (Å²) in [4.78, 5) is 47.5. The molecule has 5 unspecified atom stereocenters. The maximum Gasteiger partial charge on any atom is 0.327 e. The Morgan fingerprint density at radius 3 is 1.73 bits per heavy atom. The lowest BCUT2D eigenvalue weighted by molar-refractivity contribution is -0.142. The van der Waals surface area contributed by atoms with E-state index in [0.29, 0.717) is 0 Å². The second kappa shape index (κ2) is 11.0. The fourth-order valence-corrected chi connectivity index (χ4v) is 2.16. The number of carboxylic acid groups (broad SMARTS) is 1. The van der Waals surface area contributed by atoms with Crippen molar-refractivity contribution in [2.45, 2.75) is 58.0 Å². The van der Waals surface area contributed by atoms with E-state index in [1.165, 1.54) is 13.8 Å². The topological polar surface area (TPSA) is 171 Å². The van der Waals surface area contributed by atoms with Crippen molar-refractivity contribution in [1.82, 2.24) is 16.0 Å². The number of carboxylic acids is 1. The van der Waals surface area contributed by atoms with Gasteiger partial charge in [-0.3, -0.25) is 14.4 Å². The minimum Gasteiger partial charge on any atom is -0.480 e. The first-order valence-electron chi connectivity index (χ1n) is 8.10. The highest BCUT2D eigenvalue weighted by atomic mass is 32.1. The van der Waals surface area contributed by atoms with E-state index >= 15 is 0 Å². The second-order valence-electron chi connectivity index (χ2n) is 6.33. The predicted octanol–water partition coefficient (Wildman–Crippen LogP) is -2.16. The van der Waals surface area contributed by atoms with Crippen LogP contribution in [0.1, 0.15) is 27.7 Å². The molecule has 0 aliphatic heterocycles. The van der Waals surface area contributed by atoms with Crippen LogP contribution in [0.2, 0.25) is 0 Å². The van der Waals surface area contributed by atoms with Gasteiger partial charge in [0.2, 0.25) is 17.7 Å². The van der Waals surface area contributed by atoms with Crippen LogP contribution < -0.4 is 21.7 Å². The molecular weight excluding hydrogens is 364 g/mol. The van der Waals surface area contributed by atoms with E-state index in [0.717, 1.165) is 0 Å². The molecule has 26 heavy (non-hydrogen) atoms. The summed E-state index contributed by atoms with van der Waals surface area (Å²) < 4.78 is 0. The van der Waals surface area contributed by atoms with Gasteiger partial charge in [-0.2, -0.15) is 12.6 Å². The molecule has 0 radical (unpaired) electrons. The summed E-state index contributed by atoms with van der Waals surface area (Å²) in [7, 11) is 0. The molecule has 0 aliphatic carbocycles. The SMILES string of the molecule is CC(N)C(=O)NC(C(=O)NC(C(=O)NC(CS)C(=O)O)C(C)C)C(C)O. The number of aliphatic hydroxyl groups excluding tert-OH is 1. The number of hydrogen-bond acceptors (Lipinski definition) is 7. The van der Waals surface area contributed by atoms with Crippen molar-refractivity contribution in [1.29, 1.82) is 0 Å². The van der Waals surface area contributed by atoms with E-state index in [9.17, 15) is 24.3 Å². The van der Waals surface area contributed by atoms with E-state index < -0.39 is 54.0 Å². The van der Waals surface area contributed by atoms with Crippen LogP contribution in [0.25, 0.3) is 0 Å². The molecule has 0 bridgehead atoms. The molecule has 0 aromatic carbocycles. The summed E-state index contributed by atoms with van der Waals surface area (Å²) >= 11 is 3.86. The van der Waals surface area contributed by atoms with E-state index in [2.05, 4.69) is 28.6 Å². The first-order valence-corrected chi connectivity index (χ1v) is 8.74. The highest BCUT2D eigenvalue weighted by molar-refractivity contribution is 7.80. The molecule has 5 atom stereocenters. The fourth-order valence-electron chi connectivity index (χ4n) is 1.91. The summed E-state index contributed by atoms with van der Waals surface area (Å²) in [6.45, 7) is 6.02. The molecule has 150 valence electrons. The number of rotatable bonds is 10. The number of carbonyl (C=O) groups excluding carboxylic acids is 3. The number of aliphatic hydroxyl groups is 1. The van der Waals surface area contributed by atoms with E-state index in [4.69, 9.17) is 10.8 Å². The van der Waals surface area contributed by atoms with Crippen molar-refractivity contribution in [3.05, 3.63) is 0 Å². The molecule has 3 amide bonds. The molecule has 0 aromatic rings. The fraction of sp³-hybridized carbons (Fsp3) is 0.733. The van der Waals surface area contributed by atoms with Crippen LogP contribution in [0.15, 0.2) is 0 Å². The van der Waals surface area contributed by atoms with Gasteiger partial charge in [-0.15, -0.1) is 0 Å². The monoisotopic (exact) mass is 392 g/mol. The highest BCUT2D eigenvalue weighted by Gasteiger charge is 2.33. The van der Waals surface area contributed by atoms with Crippen LogP contribution >= 0.6 is 12.6 Å². The Bertz CT molecular complexity index is 526. The zero-order chi connectivity index (χ0) is 20.6. The molecule has 0 saturated carbocycles. The first-order chi connectivity index (χ1) is 11.9. The molecule has 0 spiro atoms. The van der Waals surface area contributed by atoms with Crippen LogP contribution in [0.3, 0.4) is 0 Å². The van der Waals surface area contributed by atoms with Crippen molar-refractivity contribution < 1.29 is 29.4 Å². The zero-order valence-electron chi connectivity index (χ0n) is 15.2. The van der Waals surface area contributed by atoms with Gasteiger partial charge in [0.25, 0.3) is 0 Å². The number of nitrogens with one attached hydrogen (secondary N) is 3. The lowest BCUT2D eigenvalue weighted by Gasteiger charge is -2.27. The Hall–Kier alpha value is -1.85. The molecule has 7 N–H and O–H groups in total. The largest absolute Gasteiger partial charge is 0.480 e. The van der Waals surface area contributed by atoms with Crippen LogP contribution in [0.5, 0.6) is 0 Å². The van der Waals surface area contributed by atoms with Crippen LogP contribution in [0, 0.1) is 5.92 Å². The van der Waals surface area contributed by atoms with Crippen molar-refractivity contribution in [3.8, 4) is 0 Å². The lowest BCUT2D eigenvalue weighted by atomic mass is 10.0. The smallest absolute Gasteiger partial charge is 0.327 e. The van der Waals surface area contributed by atoms with Crippen LogP contribution in [-0.2, 0) is 19.2 Å². The van der Waals surface area contributed by atoms with Crippen molar-refractivity contribution >= 4 is 36.3 Å². The minimum atomic E-state index is -1.32. The lowest BCUT2D eigenvalue weighted by Crippen LogP contribution is -2.60. The molecule has 0 saturated heterocycles. The third-order valence-corrected chi connectivity index (χ3v) is 3.89.